The van der Waals surface area contributed by atoms with Crippen molar-refractivity contribution < 1.29 is 4.79 Å². The first-order valence-electron chi connectivity index (χ1n) is 9.52. The maximum atomic E-state index is 12.0. The summed E-state index contributed by atoms with van der Waals surface area (Å²) in [6.07, 6.45) is 6.19. The van der Waals surface area contributed by atoms with Crippen LogP contribution in [-0.2, 0) is 4.79 Å². The van der Waals surface area contributed by atoms with E-state index in [0.29, 0.717) is 23.4 Å². The van der Waals surface area contributed by atoms with Gasteiger partial charge < -0.3 is 16.0 Å². The molecule has 1 saturated carbocycles. The number of ketones is 1. The molecular formula is C21H29N5O. The lowest BCUT2D eigenvalue weighted by atomic mass is 9.90. The molecule has 3 rings (SSSR count). The van der Waals surface area contributed by atoms with E-state index in [0.717, 1.165) is 35.1 Å². The van der Waals surface area contributed by atoms with Crippen LogP contribution in [0.4, 0.5) is 5.82 Å². The van der Waals surface area contributed by atoms with Gasteiger partial charge in [0.05, 0.1) is 5.52 Å². The Labute approximate surface area is 160 Å². The summed E-state index contributed by atoms with van der Waals surface area (Å²) in [4.78, 5) is 23.2. The molecule has 6 nitrogen and oxygen atoms in total. The topological polar surface area (TPSA) is 84.1 Å². The van der Waals surface area contributed by atoms with Crippen LogP contribution in [0.3, 0.4) is 0 Å². The summed E-state index contributed by atoms with van der Waals surface area (Å²) in [5.41, 5.74) is 8.69. The summed E-state index contributed by atoms with van der Waals surface area (Å²) in [6, 6.07) is 6.85. The van der Waals surface area contributed by atoms with Crippen molar-refractivity contribution in [3.05, 3.63) is 35.8 Å². The number of hydrogen-bond acceptors (Lipinski definition) is 6. The van der Waals surface area contributed by atoms with E-state index in [2.05, 4.69) is 34.3 Å². The highest BCUT2D eigenvalue weighted by Gasteiger charge is 2.23. The van der Waals surface area contributed by atoms with Crippen molar-refractivity contribution in [2.45, 2.75) is 51.6 Å². The summed E-state index contributed by atoms with van der Waals surface area (Å²) in [5.74, 6) is 0.787. The molecule has 1 heterocycles. The molecule has 6 heteroatoms. The second kappa shape index (κ2) is 8.05. The zero-order chi connectivity index (χ0) is 19.6. The number of carbonyl (C=O) groups excluding carboxylic acids is 1. The first-order chi connectivity index (χ1) is 12.9. The van der Waals surface area contributed by atoms with Gasteiger partial charge in [0.2, 0.25) is 0 Å². The third kappa shape index (κ3) is 4.27. The average Bonchev–Trinajstić information content (AvgIpc) is 2.62. The van der Waals surface area contributed by atoms with Gasteiger partial charge in [-0.1, -0.05) is 6.07 Å². The van der Waals surface area contributed by atoms with Crippen LogP contribution in [0.25, 0.3) is 16.5 Å². The van der Waals surface area contributed by atoms with Gasteiger partial charge in [-0.2, -0.15) is 0 Å². The maximum absolute atomic E-state index is 12.0. The van der Waals surface area contributed by atoms with Crippen LogP contribution in [0.15, 0.2) is 30.2 Å². The lowest BCUT2D eigenvalue weighted by molar-refractivity contribution is -0.111. The van der Waals surface area contributed by atoms with Crippen LogP contribution in [0.1, 0.15) is 45.1 Å². The predicted molar refractivity (Wildman–Crippen MR) is 110 cm³/mol. The van der Waals surface area contributed by atoms with Crippen LogP contribution in [0.2, 0.25) is 0 Å². The molecule has 1 aromatic heterocycles. The quantitative estimate of drug-likeness (QED) is 0.790. The molecule has 0 bridgehead atoms. The molecule has 0 unspecified atom stereocenters. The van der Waals surface area contributed by atoms with E-state index in [4.69, 9.17) is 5.73 Å². The number of benzene rings is 1. The zero-order valence-electron chi connectivity index (χ0n) is 16.6. The molecule has 27 heavy (non-hydrogen) atoms. The second-order valence-corrected chi connectivity index (χ2v) is 7.68. The van der Waals surface area contributed by atoms with Crippen molar-refractivity contribution in [1.82, 2.24) is 14.9 Å². The monoisotopic (exact) mass is 367 g/mol. The minimum Gasteiger partial charge on any atom is -0.402 e. The normalized spacial score (nSPS) is 21.2. The van der Waals surface area contributed by atoms with Gasteiger partial charge >= 0.3 is 0 Å². The molecule has 2 aromatic rings. The molecular weight excluding hydrogens is 338 g/mol. The van der Waals surface area contributed by atoms with Crippen molar-refractivity contribution in [2.75, 3.05) is 19.4 Å². The van der Waals surface area contributed by atoms with Crippen LogP contribution in [0, 0.1) is 0 Å². The van der Waals surface area contributed by atoms with Crippen LogP contribution in [-0.4, -0.2) is 46.8 Å². The number of nitrogens with one attached hydrogen (secondary N) is 1. The molecule has 3 N–H and O–H groups in total. The average molecular weight is 367 g/mol. The van der Waals surface area contributed by atoms with E-state index < -0.39 is 0 Å². The molecule has 0 amide bonds. The number of rotatable bonds is 5. The highest BCUT2D eigenvalue weighted by Crippen LogP contribution is 2.29. The fourth-order valence-corrected chi connectivity index (χ4v) is 3.97. The lowest BCUT2D eigenvalue weighted by Gasteiger charge is -2.33. The molecule has 1 aromatic carbocycles. The van der Waals surface area contributed by atoms with Crippen molar-refractivity contribution in [2.24, 2.45) is 5.73 Å². The van der Waals surface area contributed by atoms with Gasteiger partial charge in [-0.05, 0) is 71.3 Å². The summed E-state index contributed by atoms with van der Waals surface area (Å²) < 4.78 is 0. The van der Waals surface area contributed by atoms with E-state index >= 15 is 0 Å². The van der Waals surface area contributed by atoms with Crippen molar-refractivity contribution in [3.63, 3.8) is 0 Å². The van der Waals surface area contributed by atoms with Crippen molar-refractivity contribution in [3.8, 4) is 0 Å². The number of nitrogens with zero attached hydrogens (tertiary/aromatic N) is 3. The number of fused-ring (bicyclic) bond motifs is 1. The smallest absolute Gasteiger partial charge is 0.162 e. The first kappa shape index (κ1) is 19.3. The zero-order valence-corrected chi connectivity index (χ0v) is 16.6. The summed E-state index contributed by atoms with van der Waals surface area (Å²) in [6.45, 7) is 3.30. The van der Waals surface area contributed by atoms with Gasteiger partial charge in [-0.15, -0.1) is 0 Å². The standard InChI is InChI=1S/C21H29N5O/c1-13(22)20(14(2)27)15-5-10-19-18(11-15)21(24-12-23-19)25-16-6-8-17(9-7-16)26(3)4/h5,10-12,16-17H,6-9,22H2,1-4H3,(H,23,24,25)/b20-13-. The lowest BCUT2D eigenvalue weighted by Crippen LogP contribution is -2.36. The number of nitrogens with two attached hydrogens (primary N) is 1. The highest BCUT2D eigenvalue weighted by atomic mass is 16.1. The van der Waals surface area contributed by atoms with Crippen LogP contribution in [0.5, 0.6) is 0 Å². The third-order valence-corrected chi connectivity index (χ3v) is 5.44. The molecule has 1 aliphatic carbocycles. The van der Waals surface area contributed by atoms with Gasteiger partial charge in [0, 0.05) is 28.7 Å². The number of hydrogen-bond donors (Lipinski definition) is 2. The van der Waals surface area contributed by atoms with E-state index in [1.165, 1.54) is 12.8 Å². The Bertz CT molecular complexity index is 862. The van der Waals surface area contributed by atoms with E-state index in [9.17, 15) is 4.79 Å². The fourth-order valence-electron chi connectivity index (χ4n) is 3.97. The Morgan fingerprint density at radius 2 is 1.85 bits per heavy atom. The Kier molecular flexibility index (Phi) is 5.75. The van der Waals surface area contributed by atoms with E-state index in [1.54, 1.807) is 20.2 Å². The summed E-state index contributed by atoms with van der Waals surface area (Å²) in [5, 5.41) is 4.53. The summed E-state index contributed by atoms with van der Waals surface area (Å²) in [7, 11) is 4.30. The predicted octanol–water partition coefficient (Wildman–Crippen LogP) is 3.19. The minimum atomic E-state index is -0.0392. The maximum Gasteiger partial charge on any atom is 0.162 e. The first-order valence-corrected chi connectivity index (χ1v) is 9.52. The number of anilines is 1. The van der Waals surface area contributed by atoms with Crippen LogP contribution < -0.4 is 11.1 Å². The molecule has 0 aliphatic heterocycles. The second-order valence-electron chi connectivity index (χ2n) is 7.68. The third-order valence-electron chi connectivity index (χ3n) is 5.44. The van der Waals surface area contributed by atoms with Crippen molar-refractivity contribution in [1.29, 1.82) is 0 Å². The van der Waals surface area contributed by atoms with Gasteiger partial charge in [0.15, 0.2) is 5.78 Å². The van der Waals surface area contributed by atoms with E-state index in [-0.39, 0.29) is 5.78 Å². The molecule has 0 spiro atoms. The molecule has 1 fully saturated rings. The largest absolute Gasteiger partial charge is 0.402 e. The van der Waals surface area contributed by atoms with Gasteiger partial charge in [-0.3, -0.25) is 4.79 Å². The van der Waals surface area contributed by atoms with Gasteiger partial charge in [-0.25, -0.2) is 9.97 Å². The molecule has 0 saturated heterocycles. The fraction of sp³-hybridized carbons (Fsp3) is 0.476. The molecule has 0 radical (unpaired) electrons. The Hall–Kier alpha value is -2.47. The number of Topliss-reactive ketones (excluding diaryl/α,β-unsaturated/α-hetero) is 1. The number of allylic oxidation sites excluding steroid dienone is 2. The summed E-state index contributed by atoms with van der Waals surface area (Å²) >= 11 is 0. The Morgan fingerprint density at radius 3 is 2.44 bits per heavy atom. The van der Waals surface area contributed by atoms with E-state index in [1.807, 2.05) is 18.2 Å². The number of aromatic nitrogens is 2. The van der Waals surface area contributed by atoms with Gasteiger partial charge in [0.25, 0.3) is 0 Å². The minimum absolute atomic E-state index is 0.0392. The van der Waals surface area contributed by atoms with Crippen molar-refractivity contribution >= 4 is 28.1 Å². The molecule has 1 aliphatic rings. The highest BCUT2D eigenvalue weighted by molar-refractivity contribution is 6.20. The Balaban J connectivity index is 1.89. The van der Waals surface area contributed by atoms with Gasteiger partial charge in [0.1, 0.15) is 12.1 Å². The number of carbonyl (C=O) groups is 1. The van der Waals surface area contributed by atoms with Crippen LogP contribution >= 0.6 is 0 Å². The Morgan fingerprint density at radius 1 is 1.15 bits per heavy atom. The molecule has 144 valence electrons. The molecule has 0 atom stereocenters. The SMILES string of the molecule is CC(=O)/C(=C(\C)N)c1ccc2ncnc(NC3CCC(N(C)C)CC3)c2c1.